The Morgan fingerprint density at radius 1 is 1.09 bits per heavy atom. The maximum Gasteiger partial charge on any atom is 0.159 e. The lowest BCUT2D eigenvalue weighted by molar-refractivity contribution is 0.285. The van der Waals surface area contributed by atoms with Crippen LogP contribution in [-0.4, -0.2) is 25.1 Å². The van der Waals surface area contributed by atoms with Crippen molar-refractivity contribution in [3.8, 4) is 5.75 Å². The van der Waals surface area contributed by atoms with Crippen LogP contribution >= 0.6 is 0 Å². The van der Waals surface area contributed by atoms with Crippen molar-refractivity contribution in [2.24, 2.45) is 0 Å². The van der Waals surface area contributed by atoms with Crippen LogP contribution in [0, 0.1) is 11.6 Å². The summed E-state index contributed by atoms with van der Waals surface area (Å²) in [5.74, 6) is -0.624. The van der Waals surface area contributed by atoms with E-state index in [1.54, 1.807) is 6.07 Å². The third-order valence-electron chi connectivity index (χ3n) is 4.61. The molecular formula is C18H17F2NO. The van der Waals surface area contributed by atoms with E-state index in [-0.39, 0.29) is 5.92 Å². The second-order valence-corrected chi connectivity index (χ2v) is 6.15. The zero-order valence-corrected chi connectivity index (χ0v) is 12.4. The molecule has 2 aromatic rings. The van der Waals surface area contributed by atoms with Gasteiger partial charge >= 0.3 is 0 Å². The molecular weight excluding hydrogens is 284 g/mol. The molecule has 114 valence electrons. The van der Waals surface area contributed by atoms with Gasteiger partial charge in [-0.1, -0.05) is 18.2 Å². The van der Waals surface area contributed by atoms with E-state index in [9.17, 15) is 8.78 Å². The first-order valence-corrected chi connectivity index (χ1v) is 7.54. The van der Waals surface area contributed by atoms with E-state index in [0.717, 1.165) is 36.4 Å². The fourth-order valence-electron chi connectivity index (χ4n) is 3.60. The summed E-state index contributed by atoms with van der Waals surface area (Å²) in [4.78, 5) is 2.20. The maximum atomic E-state index is 13.7. The summed E-state index contributed by atoms with van der Waals surface area (Å²) < 4.78 is 32.8. The number of ether oxygens (including phenoxy) is 1. The van der Waals surface area contributed by atoms with E-state index in [4.69, 9.17) is 4.74 Å². The Morgan fingerprint density at radius 3 is 2.73 bits per heavy atom. The second-order valence-electron chi connectivity index (χ2n) is 6.15. The smallest absolute Gasteiger partial charge is 0.159 e. The molecule has 22 heavy (non-hydrogen) atoms. The molecule has 4 heteroatoms. The number of hydrogen-bond acceptors (Lipinski definition) is 2. The van der Waals surface area contributed by atoms with Crippen LogP contribution < -0.4 is 4.74 Å². The van der Waals surface area contributed by atoms with Crippen molar-refractivity contribution in [1.82, 2.24) is 4.90 Å². The normalized spacial score (nSPS) is 20.4. The van der Waals surface area contributed by atoms with Crippen LogP contribution in [0.15, 0.2) is 30.3 Å². The molecule has 0 amide bonds. The molecule has 2 aliphatic heterocycles. The van der Waals surface area contributed by atoms with E-state index >= 15 is 0 Å². The van der Waals surface area contributed by atoms with Gasteiger partial charge in [0.15, 0.2) is 11.6 Å². The summed E-state index contributed by atoms with van der Waals surface area (Å²) in [5, 5.41) is 0. The summed E-state index contributed by atoms with van der Waals surface area (Å²) in [6, 6.07) is 8.48. The van der Waals surface area contributed by atoms with Crippen molar-refractivity contribution < 1.29 is 13.5 Å². The van der Waals surface area contributed by atoms with Gasteiger partial charge in [0.25, 0.3) is 0 Å². The van der Waals surface area contributed by atoms with Crippen molar-refractivity contribution in [2.75, 3.05) is 20.2 Å². The van der Waals surface area contributed by atoms with Crippen molar-refractivity contribution >= 4 is 0 Å². The Labute approximate surface area is 128 Å². The molecule has 2 aliphatic rings. The van der Waals surface area contributed by atoms with Gasteiger partial charge < -0.3 is 9.64 Å². The van der Waals surface area contributed by atoms with E-state index in [1.807, 2.05) is 7.05 Å². The lowest BCUT2D eigenvalue weighted by Gasteiger charge is -2.33. The topological polar surface area (TPSA) is 12.5 Å². The minimum Gasteiger partial charge on any atom is -0.493 e. The highest BCUT2D eigenvalue weighted by Gasteiger charge is 2.31. The maximum absolute atomic E-state index is 13.7. The summed E-state index contributed by atoms with van der Waals surface area (Å²) >= 11 is 0. The molecule has 2 aromatic carbocycles. The Hall–Kier alpha value is -1.94. The first-order valence-electron chi connectivity index (χ1n) is 7.54. The van der Waals surface area contributed by atoms with Gasteiger partial charge in [0.1, 0.15) is 5.75 Å². The van der Waals surface area contributed by atoms with Crippen molar-refractivity contribution in [3.05, 3.63) is 64.2 Å². The predicted molar refractivity (Wildman–Crippen MR) is 80.2 cm³/mol. The first kappa shape index (κ1) is 13.7. The zero-order chi connectivity index (χ0) is 15.3. The third-order valence-corrected chi connectivity index (χ3v) is 4.61. The summed E-state index contributed by atoms with van der Waals surface area (Å²) in [7, 11) is 2.05. The molecule has 0 aromatic heterocycles. The van der Waals surface area contributed by atoms with Crippen molar-refractivity contribution in [3.63, 3.8) is 0 Å². The standard InChI is InChI=1S/C18H17F2NO/c1-21-9-13-3-2-11-6-7-22-18(11)17(13)14(10-21)12-4-5-15(19)16(20)8-12/h2-5,8,14H,6-7,9-10H2,1H3. The van der Waals surface area contributed by atoms with Gasteiger partial charge in [-0.25, -0.2) is 8.78 Å². The van der Waals surface area contributed by atoms with E-state index in [0.29, 0.717) is 6.61 Å². The van der Waals surface area contributed by atoms with Crippen LogP contribution in [0.25, 0.3) is 0 Å². The average molecular weight is 301 g/mol. The molecule has 0 saturated carbocycles. The first-order chi connectivity index (χ1) is 10.6. The van der Waals surface area contributed by atoms with Gasteiger partial charge in [0, 0.05) is 31.0 Å². The molecule has 0 spiro atoms. The lowest BCUT2D eigenvalue weighted by Crippen LogP contribution is -2.31. The summed E-state index contributed by atoms with van der Waals surface area (Å²) in [6.07, 6.45) is 0.920. The van der Waals surface area contributed by atoms with E-state index in [1.165, 1.54) is 23.3 Å². The van der Waals surface area contributed by atoms with Gasteiger partial charge in [-0.15, -0.1) is 0 Å². The SMILES string of the molecule is CN1Cc2ccc3c(c2C(c2ccc(F)c(F)c2)C1)OCC3. The fourth-order valence-corrected chi connectivity index (χ4v) is 3.60. The van der Waals surface area contributed by atoms with Crippen LogP contribution in [-0.2, 0) is 13.0 Å². The van der Waals surface area contributed by atoms with Crippen LogP contribution in [0.5, 0.6) is 5.75 Å². The average Bonchev–Trinajstić information content (AvgIpc) is 2.97. The number of fused-ring (bicyclic) bond motifs is 3. The number of rotatable bonds is 1. The number of hydrogen-bond donors (Lipinski definition) is 0. The van der Waals surface area contributed by atoms with Gasteiger partial charge in [-0.2, -0.15) is 0 Å². The molecule has 0 saturated heterocycles. The monoisotopic (exact) mass is 301 g/mol. The van der Waals surface area contributed by atoms with Gasteiger partial charge in [0.2, 0.25) is 0 Å². The third kappa shape index (κ3) is 2.10. The highest BCUT2D eigenvalue weighted by molar-refractivity contribution is 5.54. The largest absolute Gasteiger partial charge is 0.493 e. The summed E-state index contributed by atoms with van der Waals surface area (Å²) in [6.45, 7) is 2.33. The minimum absolute atomic E-state index is 0.0110. The number of benzene rings is 2. The van der Waals surface area contributed by atoms with Gasteiger partial charge in [0.05, 0.1) is 6.61 Å². The zero-order valence-electron chi connectivity index (χ0n) is 12.4. The molecule has 0 aliphatic carbocycles. The molecule has 0 radical (unpaired) electrons. The van der Waals surface area contributed by atoms with Crippen LogP contribution in [0.1, 0.15) is 28.2 Å². The molecule has 1 atom stereocenters. The Kier molecular flexibility index (Phi) is 3.15. The van der Waals surface area contributed by atoms with Crippen molar-refractivity contribution in [1.29, 1.82) is 0 Å². The quantitative estimate of drug-likeness (QED) is 0.799. The molecule has 2 nitrogen and oxygen atoms in total. The van der Waals surface area contributed by atoms with Crippen LogP contribution in [0.3, 0.4) is 0 Å². The molecule has 1 unspecified atom stereocenters. The molecule has 2 heterocycles. The number of halogens is 2. The van der Waals surface area contributed by atoms with E-state index in [2.05, 4.69) is 17.0 Å². The Morgan fingerprint density at radius 2 is 1.91 bits per heavy atom. The summed E-state index contributed by atoms with van der Waals surface area (Å²) in [5.41, 5.74) is 4.38. The van der Waals surface area contributed by atoms with Gasteiger partial charge in [-0.3, -0.25) is 0 Å². The van der Waals surface area contributed by atoms with E-state index < -0.39 is 11.6 Å². The second kappa shape index (κ2) is 5.06. The molecule has 0 N–H and O–H groups in total. The van der Waals surface area contributed by atoms with Crippen molar-refractivity contribution in [2.45, 2.75) is 18.9 Å². The number of nitrogens with zero attached hydrogens (tertiary/aromatic N) is 1. The van der Waals surface area contributed by atoms with Gasteiger partial charge in [-0.05, 0) is 35.9 Å². The molecule has 0 bridgehead atoms. The Balaban J connectivity index is 1.88. The Bertz CT molecular complexity index is 744. The fraction of sp³-hybridized carbons (Fsp3) is 0.333. The highest BCUT2D eigenvalue weighted by Crippen LogP contribution is 2.43. The highest BCUT2D eigenvalue weighted by atomic mass is 19.2. The molecule has 4 rings (SSSR count). The lowest BCUT2D eigenvalue weighted by atomic mass is 9.83. The van der Waals surface area contributed by atoms with Crippen LogP contribution in [0.4, 0.5) is 8.78 Å². The molecule has 0 fully saturated rings. The minimum atomic E-state index is -0.803. The number of likely N-dealkylation sites (N-methyl/N-ethyl adjacent to an activating group) is 1. The predicted octanol–water partition coefficient (Wildman–Crippen LogP) is 3.48. The van der Waals surface area contributed by atoms with Crippen LogP contribution in [0.2, 0.25) is 0 Å².